The monoisotopic (exact) mass is 401 g/mol. The van der Waals surface area contributed by atoms with Crippen molar-refractivity contribution in [3.63, 3.8) is 0 Å². The van der Waals surface area contributed by atoms with Gasteiger partial charge in [-0.25, -0.2) is 4.98 Å². The maximum absolute atomic E-state index is 13.0. The number of fused-ring (bicyclic) bond motifs is 1. The largest absolute Gasteiger partial charge is 0.341 e. The topological polar surface area (TPSA) is 61.7 Å². The average Bonchev–Trinajstić information content (AvgIpc) is 3.08. The first-order valence-corrected chi connectivity index (χ1v) is 11.4. The molecule has 3 aliphatic rings. The van der Waals surface area contributed by atoms with Gasteiger partial charge in [0, 0.05) is 51.1 Å². The zero-order valence-corrected chi connectivity index (χ0v) is 17.8. The number of aromatic nitrogens is 2. The van der Waals surface area contributed by atoms with Crippen molar-refractivity contribution in [2.24, 2.45) is 0 Å². The number of hydrogen-bond donors (Lipinski definition) is 0. The van der Waals surface area contributed by atoms with Gasteiger partial charge < -0.3 is 9.80 Å². The van der Waals surface area contributed by atoms with E-state index in [-0.39, 0.29) is 17.4 Å². The van der Waals surface area contributed by atoms with Crippen molar-refractivity contribution < 1.29 is 4.79 Å². The lowest BCUT2D eigenvalue weighted by atomic mass is 9.94. The highest BCUT2D eigenvalue weighted by Gasteiger charge is 2.28. The number of nitrogens with zero attached hydrogens (tertiary/aromatic N) is 5. The number of likely N-dealkylation sites (N-methyl/N-ethyl adjacent to an activating group) is 1. The van der Waals surface area contributed by atoms with Crippen LogP contribution >= 0.6 is 0 Å². The first-order chi connectivity index (χ1) is 14.1. The van der Waals surface area contributed by atoms with Crippen LogP contribution in [0.25, 0.3) is 0 Å². The van der Waals surface area contributed by atoms with Crippen LogP contribution < -0.4 is 5.56 Å². The molecule has 0 aliphatic carbocycles. The van der Waals surface area contributed by atoms with E-state index in [9.17, 15) is 9.59 Å². The summed E-state index contributed by atoms with van der Waals surface area (Å²) in [4.78, 5) is 37.2. The fourth-order valence-electron chi connectivity index (χ4n) is 4.94. The third kappa shape index (κ3) is 5.07. The number of carbonyl (C=O) groups is 1. The van der Waals surface area contributed by atoms with Crippen LogP contribution in [-0.2, 0) is 17.8 Å². The van der Waals surface area contributed by atoms with Crippen molar-refractivity contribution in [1.29, 1.82) is 0 Å². The molecule has 0 aromatic carbocycles. The van der Waals surface area contributed by atoms with Crippen LogP contribution in [0.4, 0.5) is 0 Å². The molecule has 0 spiro atoms. The van der Waals surface area contributed by atoms with E-state index in [2.05, 4.69) is 16.8 Å². The van der Waals surface area contributed by atoms with Crippen molar-refractivity contribution in [3.05, 3.63) is 27.9 Å². The van der Waals surface area contributed by atoms with Gasteiger partial charge in [0.15, 0.2) is 0 Å². The summed E-state index contributed by atoms with van der Waals surface area (Å²) in [5.41, 5.74) is 0.987. The number of likely N-dealkylation sites (tertiary alicyclic amines) is 1. The summed E-state index contributed by atoms with van der Waals surface area (Å²) >= 11 is 0. The molecule has 1 amide bonds. The summed E-state index contributed by atoms with van der Waals surface area (Å²) in [6.45, 7) is 6.92. The van der Waals surface area contributed by atoms with Crippen molar-refractivity contribution in [2.45, 2.75) is 57.4 Å². The van der Waals surface area contributed by atoms with Gasteiger partial charge in [0.1, 0.15) is 5.82 Å². The van der Waals surface area contributed by atoms with Gasteiger partial charge in [-0.15, -0.1) is 0 Å². The van der Waals surface area contributed by atoms with Gasteiger partial charge in [-0.2, -0.15) is 0 Å². The lowest BCUT2D eigenvalue weighted by Crippen LogP contribution is -2.45. The highest BCUT2D eigenvalue weighted by Crippen LogP contribution is 2.26. The third-order valence-electron chi connectivity index (χ3n) is 6.75. The van der Waals surface area contributed by atoms with Crippen molar-refractivity contribution in [2.75, 3.05) is 52.9 Å². The maximum atomic E-state index is 13.0. The predicted octanol–water partition coefficient (Wildman–Crippen LogP) is 1.31. The van der Waals surface area contributed by atoms with Crippen molar-refractivity contribution in [1.82, 2.24) is 24.3 Å². The molecule has 0 saturated carbocycles. The van der Waals surface area contributed by atoms with E-state index in [4.69, 9.17) is 4.98 Å². The molecule has 160 valence electrons. The SMILES string of the molecule is CN1CCCN(CC(=O)N2CCC[C@H](c3cc(=O)n4c(n3)CCCCC4)C2)CC1. The zero-order chi connectivity index (χ0) is 20.2. The van der Waals surface area contributed by atoms with E-state index in [1.807, 2.05) is 9.47 Å². The van der Waals surface area contributed by atoms with E-state index in [1.165, 1.54) is 0 Å². The molecule has 29 heavy (non-hydrogen) atoms. The molecule has 0 N–H and O–H groups in total. The van der Waals surface area contributed by atoms with E-state index >= 15 is 0 Å². The highest BCUT2D eigenvalue weighted by atomic mass is 16.2. The predicted molar refractivity (Wildman–Crippen MR) is 113 cm³/mol. The first-order valence-electron chi connectivity index (χ1n) is 11.4. The van der Waals surface area contributed by atoms with Crippen LogP contribution in [0.5, 0.6) is 0 Å². The maximum Gasteiger partial charge on any atom is 0.253 e. The first kappa shape index (κ1) is 20.5. The van der Waals surface area contributed by atoms with Crippen LogP contribution in [0.1, 0.15) is 56.0 Å². The quantitative estimate of drug-likeness (QED) is 0.764. The molecular formula is C22H35N5O2. The lowest BCUT2D eigenvalue weighted by Gasteiger charge is -2.34. The van der Waals surface area contributed by atoms with Gasteiger partial charge in [-0.05, 0) is 52.2 Å². The van der Waals surface area contributed by atoms with E-state index < -0.39 is 0 Å². The van der Waals surface area contributed by atoms with Crippen molar-refractivity contribution in [3.8, 4) is 0 Å². The Morgan fingerprint density at radius 1 is 1.03 bits per heavy atom. The molecule has 7 nitrogen and oxygen atoms in total. The number of carbonyl (C=O) groups excluding carboxylic acids is 1. The fraction of sp³-hybridized carbons (Fsp3) is 0.773. The second kappa shape index (κ2) is 9.39. The summed E-state index contributed by atoms with van der Waals surface area (Å²) in [5, 5.41) is 0. The summed E-state index contributed by atoms with van der Waals surface area (Å²) in [7, 11) is 2.15. The molecule has 1 aromatic heterocycles. The van der Waals surface area contributed by atoms with E-state index in [1.54, 1.807) is 6.07 Å². The lowest BCUT2D eigenvalue weighted by molar-refractivity contribution is -0.133. The van der Waals surface area contributed by atoms with E-state index in [0.29, 0.717) is 13.1 Å². The van der Waals surface area contributed by atoms with Crippen LogP contribution in [0.15, 0.2) is 10.9 Å². The van der Waals surface area contributed by atoms with Crippen molar-refractivity contribution >= 4 is 5.91 Å². The second-order valence-corrected chi connectivity index (χ2v) is 9.01. The highest BCUT2D eigenvalue weighted by molar-refractivity contribution is 5.78. The van der Waals surface area contributed by atoms with Gasteiger partial charge in [0.25, 0.3) is 5.56 Å². The minimum absolute atomic E-state index is 0.0871. The Morgan fingerprint density at radius 3 is 2.83 bits per heavy atom. The van der Waals surface area contributed by atoms with E-state index in [0.717, 1.165) is 95.7 Å². The van der Waals surface area contributed by atoms with Crippen LogP contribution in [0.3, 0.4) is 0 Å². The van der Waals surface area contributed by atoms with Gasteiger partial charge in [0.05, 0.1) is 12.2 Å². The molecule has 2 saturated heterocycles. The molecule has 4 rings (SSSR count). The standard InChI is InChI=1S/C22H35N5O2/c1-24-9-6-10-25(14-13-24)17-22(29)26-11-5-7-18(16-26)19-15-21(28)27-12-4-2-3-8-20(27)23-19/h15,18H,2-14,16-17H2,1H3/t18-/m0/s1. The smallest absolute Gasteiger partial charge is 0.253 e. The third-order valence-corrected chi connectivity index (χ3v) is 6.75. The fourth-order valence-corrected chi connectivity index (χ4v) is 4.94. The molecule has 0 bridgehead atoms. The summed E-state index contributed by atoms with van der Waals surface area (Å²) in [6.07, 6.45) is 7.34. The molecule has 7 heteroatoms. The summed E-state index contributed by atoms with van der Waals surface area (Å²) in [6, 6.07) is 1.73. The molecule has 1 aromatic rings. The molecule has 4 heterocycles. The van der Waals surface area contributed by atoms with Gasteiger partial charge in [-0.1, -0.05) is 6.42 Å². The Balaban J connectivity index is 1.42. The molecule has 1 atom stereocenters. The Hall–Kier alpha value is -1.73. The number of hydrogen-bond acceptors (Lipinski definition) is 5. The summed E-state index contributed by atoms with van der Waals surface area (Å²) in [5.74, 6) is 1.36. The zero-order valence-electron chi connectivity index (χ0n) is 17.8. The molecule has 3 aliphatic heterocycles. The van der Waals surface area contributed by atoms with Crippen LogP contribution in [0, 0.1) is 0 Å². The normalized spacial score (nSPS) is 24.6. The minimum atomic E-state index is 0.0871. The minimum Gasteiger partial charge on any atom is -0.341 e. The number of piperidine rings is 1. The van der Waals surface area contributed by atoms with Gasteiger partial charge in [-0.3, -0.25) is 19.1 Å². The molecule has 0 radical (unpaired) electrons. The van der Waals surface area contributed by atoms with Crippen LogP contribution in [0.2, 0.25) is 0 Å². The van der Waals surface area contributed by atoms with Crippen LogP contribution in [-0.4, -0.2) is 83.0 Å². The average molecular weight is 402 g/mol. The molecule has 2 fully saturated rings. The molecule has 0 unspecified atom stereocenters. The number of amides is 1. The Bertz CT molecular complexity index is 777. The van der Waals surface area contributed by atoms with Gasteiger partial charge >= 0.3 is 0 Å². The number of rotatable bonds is 3. The van der Waals surface area contributed by atoms with Gasteiger partial charge in [0.2, 0.25) is 5.91 Å². The molecular weight excluding hydrogens is 366 g/mol. The number of aryl methyl sites for hydroxylation is 1. The Labute approximate surface area is 173 Å². The second-order valence-electron chi connectivity index (χ2n) is 9.01. The Kier molecular flexibility index (Phi) is 6.65. The summed E-state index contributed by atoms with van der Waals surface area (Å²) < 4.78 is 1.86. The Morgan fingerprint density at radius 2 is 1.93 bits per heavy atom.